The number of aliphatic hydroxyl groups is 1. The second-order valence-corrected chi connectivity index (χ2v) is 11.9. The Labute approximate surface area is 241 Å². The molecule has 5 rings (SSSR count). The summed E-state index contributed by atoms with van der Waals surface area (Å²) < 4.78 is 12.3. The third kappa shape index (κ3) is 4.50. The molecule has 2 aromatic carbocycles. The van der Waals surface area contributed by atoms with Crippen LogP contribution in [-0.4, -0.2) is 64.2 Å². The first-order valence-electron chi connectivity index (χ1n) is 14.6. The molecular formula is C32H41N3O6. The number of amides is 3. The van der Waals surface area contributed by atoms with Gasteiger partial charge in [-0.05, 0) is 81.8 Å². The topological polar surface area (TPSA) is 117 Å². The lowest BCUT2D eigenvalue weighted by molar-refractivity contribution is -0.148. The molecule has 0 saturated carbocycles. The van der Waals surface area contributed by atoms with Crippen molar-refractivity contribution in [1.29, 1.82) is 0 Å². The summed E-state index contributed by atoms with van der Waals surface area (Å²) >= 11 is 0. The quantitative estimate of drug-likeness (QED) is 0.424. The smallest absolute Gasteiger partial charge is 0.250 e. The molecule has 3 unspecified atom stereocenters. The Kier molecular flexibility index (Phi) is 7.63. The van der Waals surface area contributed by atoms with Gasteiger partial charge in [0.25, 0.3) is 0 Å². The molecule has 9 nitrogen and oxygen atoms in total. The Balaban J connectivity index is 1.53. The van der Waals surface area contributed by atoms with E-state index in [0.717, 1.165) is 11.1 Å². The lowest BCUT2D eigenvalue weighted by Gasteiger charge is -2.36. The summed E-state index contributed by atoms with van der Waals surface area (Å²) in [4.78, 5) is 44.0. The van der Waals surface area contributed by atoms with Gasteiger partial charge in [0.05, 0.1) is 36.7 Å². The van der Waals surface area contributed by atoms with Crippen molar-refractivity contribution >= 4 is 29.1 Å². The van der Waals surface area contributed by atoms with E-state index >= 15 is 0 Å². The lowest BCUT2D eigenvalue weighted by Crippen LogP contribution is -2.56. The first kappa shape index (κ1) is 29.1. The second-order valence-electron chi connectivity index (χ2n) is 11.9. The van der Waals surface area contributed by atoms with Crippen molar-refractivity contribution in [2.45, 2.75) is 77.7 Å². The highest BCUT2D eigenvalue weighted by atomic mass is 16.5. The number of ether oxygens (including phenoxy) is 2. The van der Waals surface area contributed by atoms with Crippen LogP contribution in [0.15, 0.2) is 42.5 Å². The standard InChI is InChI=1S/C32H41N3O6/c1-7-22(17-36)35-27(29(38)34-26-18(3)10-9-11-19(26)4)32-16-20(5)31(6,41-32)24(25(32)30(35)39)28(37)33-21-12-14-23(15-13-21)40-8-2/h9-15,20,22,24-25,27,36H,7-8,16-17H2,1-6H3,(H,33,37)(H,34,38)/t20?,22-,24+,25-,27?,31-,32?/m0/s1. The fourth-order valence-electron chi connectivity index (χ4n) is 7.41. The normalized spacial score (nSPS) is 30.7. The molecule has 220 valence electrons. The van der Waals surface area contributed by atoms with Gasteiger partial charge in [-0.25, -0.2) is 0 Å². The number of carbonyl (C=O) groups excluding carboxylic acids is 3. The second kappa shape index (κ2) is 10.8. The summed E-state index contributed by atoms with van der Waals surface area (Å²) in [6.07, 6.45) is 0.907. The van der Waals surface area contributed by atoms with Crippen molar-refractivity contribution in [3.63, 3.8) is 0 Å². The number of carbonyl (C=O) groups is 3. The average molecular weight is 564 g/mol. The Morgan fingerprint density at radius 2 is 1.76 bits per heavy atom. The van der Waals surface area contributed by atoms with Crippen LogP contribution in [0.2, 0.25) is 0 Å². The Hall–Kier alpha value is -3.43. The van der Waals surface area contributed by atoms with E-state index in [1.807, 2.05) is 59.7 Å². The third-order valence-corrected chi connectivity index (χ3v) is 9.52. The number of benzene rings is 2. The maximum absolute atomic E-state index is 14.3. The molecule has 3 heterocycles. The van der Waals surface area contributed by atoms with Crippen LogP contribution in [-0.2, 0) is 19.1 Å². The molecule has 3 N–H and O–H groups in total. The minimum absolute atomic E-state index is 0.0905. The van der Waals surface area contributed by atoms with Gasteiger partial charge >= 0.3 is 0 Å². The zero-order valence-corrected chi connectivity index (χ0v) is 24.7. The van der Waals surface area contributed by atoms with Crippen LogP contribution >= 0.6 is 0 Å². The van der Waals surface area contributed by atoms with E-state index in [2.05, 4.69) is 10.6 Å². The van der Waals surface area contributed by atoms with Gasteiger partial charge in [0.2, 0.25) is 17.7 Å². The maximum atomic E-state index is 14.3. The van der Waals surface area contributed by atoms with Gasteiger partial charge in [-0.1, -0.05) is 32.0 Å². The fraction of sp³-hybridized carbons (Fsp3) is 0.531. The predicted octanol–water partition coefficient (Wildman–Crippen LogP) is 4.06. The van der Waals surface area contributed by atoms with Gasteiger partial charge in [0.1, 0.15) is 17.4 Å². The molecule has 2 bridgehead atoms. The summed E-state index contributed by atoms with van der Waals surface area (Å²) in [5.41, 5.74) is 0.942. The van der Waals surface area contributed by atoms with E-state index in [1.54, 1.807) is 24.3 Å². The summed E-state index contributed by atoms with van der Waals surface area (Å²) in [7, 11) is 0. The number of hydrogen-bond acceptors (Lipinski definition) is 6. The Morgan fingerprint density at radius 3 is 2.34 bits per heavy atom. The van der Waals surface area contributed by atoms with Crippen molar-refractivity contribution in [3.05, 3.63) is 53.6 Å². The van der Waals surface area contributed by atoms with E-state index in [1.165, 1.54) is 4.90 Å². The van der Waals surface area contributed by atoms with Crippen LogP contribution < -0.4 is 15.4 Å². The van der Waals surface area contributed by atoms with Gasteiger partial charge < -0.3 is 30.1 Å². The van der Waals surface area contributed by atoms with Crippen LogP contribution in [0.4, 0.5) is 11.4 Å². The fourth-order valence-corrected chi connectivity index (χ4v) is 7.41. The molecule has 2 aromatic rings. The number of nitrogens with one attached hydrogen (secondary N) is 2. The molecular weight excluding hydrogens is 522 g/mol. The number of hydrogen-bond donors (Lipinski definition) is 3. The number of nitrogens with zero attached hydrogens (tertiary/aromatic N) is 1. The molecule has 3 saturated heterocycles. The van der Waals surface area contributed by atoms with E-state index in [0.29, 0.717) is 36.6 Å². The van der Waals surface area contributed by atoms with E-state index in [-0.39, 0.29) is 30.2 Å². The average Bonchev–Trinajstić information content (AvgIpc) is 3.45. The third-order valence-electron chi connectivity index (χ3n) is 9.52. The number of anilines is 2. The SMILES string of the molecule is CCOc1ccc(NC(=O)[C@H]2[C@H]3C(=O)N([C@@H](CC)CO)C(C(=O)Nc4c(C)cccc4C)C34CC(C)[C@]2(C)O4)cc1. The van der Waals surface area contributed by atoms with Gasteiger partial charge in [-0.15, -0.1) is 0 Å². The molecule has 1 spiro atoms. The lowest BCUT2D eigenvalue weighted by atomic mass is 9.62. The highest BCUT2D eigenvalue weighted by molar-refractivity contribution is 6.05. The largest absolute Gasteiger partial charge is 0.494 e. The number of para-hydroxylation sites is 1. The molecule has 0 radical (unpaired) electrons. The molecule has 7 atom stereocenters. The molecule has 3 amide bonds. The first-order valence-corrected chi connectivity index (χ1v) is 14.6. The van der Waals surface area contributed by atoms with Crippen molar-refractivity contribution in [3.8, 4) is 5.75 Å². The maximum Gasteiger partial charge on any atom is 0.250 e. The number of aryl methyl sites for hydroxylation is 2. The van der Waals surface area contributed by atoms with E-state index in [9.17, 15) is 19.5 Å². The number of likely N-dealkylation sites (tertiary alicyclic amines) is 1. The Bertz CT molecular complexity index is 1320. The van der Waals surface area contributed by atoms with Crippen LogP contribution in [0.1, 0.15) is 51.7 Å². The summed E-state index contributed by atoms with van der Waals surface area (Å²) in [6.45, 7) is 11.8. The summed E-state index contributed by atoms with van der Waals surface area (Å²) in [6, 6.07) is 11.3. The minimum atomic E-state index is -1.20. The van der Waals surface area contributed by atoms with Gasteiger partial charge in [-0.3, -0.25) is 14.4 Å². The highest BCUT2D eigenvalue weighted by Gasteiger charge is 2.80. The molecule has 0 aromatic heterocycles. The monoisotopic (exact) mass is 563 g/mol. The van der Waals surface area contributed by atoms with Crippen molar-refractivity contribution in [2.24, 2.45) is 17.8 Å². The van der Waals surface area contributed by atoms with Crippen LogP contribution in [0.3, 0.4) is 0 Å². The number of fused-ring (bicyclic) bond motifs is 1. The highest BCUT2D eigenvalue weighted by Crippen LogP contribution is 2.65. The van der Waals surface area contributed by atoms with Crippen LogP contribution in [0, 0.1) is 31.6 Å². The first-order chi connectivity index (χ1) is 19.5. The van der Waals surface area contributed by atoms with E-state index < -0.39 is 35.1 Å². The molecule has 0 aliphatic carbocycles. The summed E-state index contributed by atoms with van der Waals surface area (Å²) in [5, 5.41) is 16.4. The van der Waals surface area contributed by atoms with Crippen molar-refractivity contribution in [2.75, 3.05) is 23.8 Å². The zero-order valence-electron chi connectivity index (χ0n) is 24.7. The summed E-state index contributed by atoms with van der Waals surface area (Å²) in [5.74, 6) is -2.09. The van der Waals surface area contributed by atoms with Crippen molar-refractivity contribution < 1.29 is 29.0 Å². The van der Waals surface area contributed by atoms with E-state index in [4.69, 9.17) is 9.47 Å². The van der Waals surface area contributed by atoms with Crippen LogP contribution in [0.25, 0.3) is 0 Å². The predicted molar refractivity (Wildman–Crippen MR) is 156 cm³/mol. The number of rotatable bonds is 9. The Morgan fingerprint density at radius 1 is 1.10 bits per heavy atom. The van der Waals surface area contributed by atoms with Crippen molar-refractivity contribution in [1.82, 2.24) is 4.90 Å². The van der Waals surface area contributed by atoms with Crippen LogP contribution in [0.5, 0.6) is 5.75 Å². The van der Waals surface area contributed by atoms with Gasteiger partial charge in [-0.2, -0.15) is 0 Å². The molecule has 9 heteroatoms. The van der Waals surface area contributed by atoms with Gasteiger partial charge in [0, 0.05) is 11.4 Å². The molecule has 3 aliphatic heterocycles. The molecule has 3 aliphatic rings. The number of aliphatic hydroxyl groups excluding tert-OH is 1. The minimum Gasteiger partial charge on any atom is -0.494 e. The zero-order chi connectivity index (χ0) is 29.7. The molecule has 3 fully saturated rings. The molecule has 41 heavy (non-hydrogen) atoms. The van der Waals surface area contributed by atoms with Gasteiger partial charge in [0.15, 0.2) is 0 Å².